The minimum atomic E-state index is -1.11. The van der Waals surface area contributed by atoms with E-state index in [2.05, 4.69) is 55.5 Å². The number of hydrogen-bond acceptors (Lipinski definition) is 3. The summed E-state index contributed by atoms with van der Waals surface area (Å²) in [6.07, 6.45) is 26.9. The molecule has 0 aliphatic rings. The van der Waals surface area contributed by atoms with E-state index in [4.69, 9.17) is 9.84 Å². The van der Waals surface area contributed by atoms with E-state index in [1.54, 1.807) is 12.1 Å². The number of carbonyl (C=O) groups excluding carboxylic acids is 1. The van der Waals surface area contributed by atoms with Crippen LogP contribution in [0, 0.1) is 0 Å². The molecule has 0 saturated heterocycles. The van der Waals surface area contributed by atoms with Gasteiger partial charge in [0.2, 0.25) is 0 Å². The lowest BCUT2D eigenvalue weighted by Crippen LogP contribution is -2.10. The van der Waals surface area contributed by atoms with E-state index in [1.165, 1.54) is 37.8 Å². The van der Waals surface area contributed by atoms with E-state index >= 15 is 0 Å². The second kappa shape index (κ2) is 17.9. The molecule has 0 aliphatic carbocycles. The van der Waals surface area contributed by atoms with Crippen LogP contribution in [0.15, 0.2) is 72.9 Å². The van der Waals surface area contributed by atoms with Crippen LogP contribution in [0.5, 0.6) is 5.75 Å². The molecule has 0 heterocycles. The van der Waals surface area contributed by atoms with Gasteiger partial charge in [-0.15, -0.1) is 0 Å². The Balaban J connectivity index is 2.08. The summed E-state index contributed by atoms with van der Waals surface area (Å²) in [6, 6.07) is 6.16. The Kier molecular flexibility index (Phi) is 15.1. The number of esters is 1. The highest BCUT2D eigenvalue weighted by Crippen LogP contribution is 2.18. The minimum absolute atomic E-state index is 0.00347. The summed E-state index contributed by atoms with van der Waals surface area (Å²) in [5, 5.41) is 9.10. The van der Waals surface area contributed by atoms with E-state index in [0.717, 1.165) is 25.7 Å². The van der Waals surface area contributed by atoms with Crippen molar-refractivity contribution in [1.29, 1.82) is 0 Å². The van der Waals surface area contributed by atoms with Crippen molar-refractivity contribution in [2.45, 2.75) is 71.1 Å². The molecule has 0 spiro atoms. The molecular weight excluding hydrogens is 388 g/mol. The standard InChI is InChI=1S/C27H36O4/c1-2-3-4-5-6-7-8-9-10-11-12-13-14-15-16-17-18-23-26(28)31-25-22-20-19-21-24(25)27(29)30/h6-7,9-10,12-13,15-16,19-22H,2-5,8,11,14,17-18,23H2,1H3,(H,29,30)/b7-6-,10-9-,13-12-,16-15-. The predicted molar refractivity (Wildman–Crippen MR) is 127 cm³/mol. The minimum Gasteiger partial charge on any atom is -0.478 e. The molecule has 1 rings (SSSR count). The number of carboxylic acid groups (broad SMARTS) is 1. The molecule has 31 heavy (non-hydrogen) atoms. The average Bonchev–Trinajstić information content (AvgIpc) is 2.76. The maximum absolute atomic E-state index is 11.9. The van der Waals surface area contributed by atoms with Gasteiger partial charge in [-0.3, -0.25) is 4.79 Å². The molecule has 0 aromatic heterocycles. The van der Waals surface area contributed by atoms with E-state index in [1.807, 2.05) is 0 Å². The molecule has 0 saturated carbocycles. The van der Waals surface area contributed by atoms with Gasteiger partial charge < -0.3 is 9.84 Å². The molecule has 0 radical (unpaired) electrons. The first-order chi connectivity index (χ1) is 15.1. The van der Waals surface area contributed by atoms with Gasteiger partial charge in [-0.1, -0.05) is 80.5 Å². The number of ether oxygens (including phenoxy) is 1. The number of rotatable bonds is 16. The van der Waals surface area contributed by atoms with Gasteiger partial charge in [-0.2, -0.15) is 0 Å². The Morgan fingerprint density at radius 3 is 1.94 bits per heavy atom. The molecule has 1 aromatic carbocycles. The smallest absolute Gasteiger partial charge is 0.339 e. The number of carbonyl (C=O) groups is 2. The van der Waals surface area contributed by atoms with Gasteiger partial charge in [0.25, 0.3) is 0 Å². The number of hydrogen-bond donors (Lipinski definition) is 1. The zero-order chi connectivity index (χ0) is 22.6. The first-order valence-electron chi connectivity index (χ1n) is 11.3. The molecule has 0 atom stereocenters. The first kappa shape index (κ1) is 26.2. The molecule has 0 unspecified atom stereocenters. The van der Waals surface area contributed by atoms with Crippen LogP contribution in [0.1, 0.15) is 81.5 Å². The zero-order valence-corrected chi connectivity index (χ0v) is 18.7. The third-order valence-corrected chi connectivity index (χ3v) is 4.55. The topological polar surface area (TPSA) is 63.6 Å². The highest BCUT2D eigenvalue weighted by Gasteiger charge is 2.13. The summed E-state index contributed by atoms with van der Waals surface area (Å²) in [5.41, 5.74) is -0.00347. The van der Waals surface area contributed by atoms with E-state index in [0.29, 0.717) is 6.42 Å². The number of unbranched alkanes of at least 4 members (excludes halogenated alkanes) is 4. The van der Waals surface area contributed by atoms with Gasteiger partial charge in [-0.05, 0) is 57.1 Å². The maximum atomic E-state index is 11.9. The Hall–Kier alpha value is -2.88. The highest BCUT2D eigenvalue weighted by molar-refractivity contribution is 5.91. The van der Waals surface area contributed by atoms with Gasteiger partial charge in [-0.25, -0.2) is 4.79 Å². The van der Waals surface area contributed by atoms with E-state index in [-0.39, 0.29) is 17.7 Å². The normalized spacial score (nSPS) is 11.9. The third-order valence-electron chi connectivity index (χ3n) is 4.55. The Morgan fingerprint density at radius 2 is 1.35 bits per heavy atom. The van der Waals surface area contributed by atoms with Crippen LogP contribution >= 0.6 is 0 Å². The van der Waals surface area contributed by atoms with Crippen molar-refractivity contribution in [2.24, 2.45) is 0 Å². The Labute approximate surface area is 187 Å². The number of allylic oxidation sites excluding steroid dienone is 8. The van der Waals surface area contributed by atoms with Crippen LogP contribution in [0.2, 0.25) is 0 Å². The summed E-state index contributed by atoms with van der Waals surface area (Å²) in [6.45, 7) is 2.22. The second-order valence-corrected chi connectivity index (χ2v) is 7.26. The van der Waals surface area contributed by atoms with Crippen LogP contribution in [-0.4, -0.2) is 17.0 Å². The van der Waals surface area contributed by atoms with Crippen molar-refractivity contribution in [2.75, 3.05) is 0 Å². The first-order valence-corrected chi connectivity index (χ1v) is 11.3. The van der Waals surface area contributed by atoms with Gasteiger partial charge in [0.1, 0.15) is 11.3 Å². The number of carboxylic acids is 1. The van der Waals surface area contributed by atoms with Crippen LogP contribution < -0.4 is 4.74 Å². The van der Waals surface area contributed by atoms with Crippen molar-refractivity contribution in [3.05, 3.63) is 78.4 Å². The molecule has 1 N–H and O–H groups in total. The number of benzene rings is 1. The summed E-state index contributed by atoms with van der Waals surface area (Å²) >= 11 is 0. The summed E-state index contributed by atoms with van der Waals surface area (Å²) < 4.78 is 5.17. The zero-order valence-electron chi connectivity index (χ0n) is 18.7. The Morgan fingerprint density at radius 1 is 0.806 bits per heavy atom. The fourth-order valence-electron chi connectivity index (χ4n) is 2.83. The Bertz CT molecular complexity index is 756. The van der Waals surface area contributed by atoms with Gasteiger partial charge in [0.15, 0.2) is 0 Å². The van der Waals surface area contributed by atoms with Crippen LogP contribution in [0.3, 0.4) is 0 Å². The SMILES string of the molecule is CCCCC/C=C\C/C=C\C/C=C\C/C=C\CCCC(=O)Oc1ccccc1C(=O)O. The lowest BCUT2D eigenvalue weighted by atomic mass is 10.2. The van der Waals surface area contributed by atoms with Crippen LogP contribution in [-0.2, 0) is 4.79 Å². The van der Waals surface area contributed by atoms with Crippen molar-refractivity contribution in [1.82, 2.24) is 0 Å². The van der Waals surface area contributed by atoms with Crippen molar-refractivity contribution >= 4 is 11.9 Å². The lowest BCUT2D eigenvalue weighted by molar-refractivity contribution is -0.134. The van der Waals surface area contributed by atoms with E-state index < -0.39 is 11.9 Å². The number of para-hydroxylation sites is 1. The molecular formula is C27H36O4. The van der Waals surface area contributed by atoms with Crippen LogP contribution in [0.4, 0.5) is 0 Å². The largest absolute Gasteiger partial charge is 0.478 e. The second-order valence-electron chi connectivity index (χ2n) is 7.26. The van der Waals surface area contributed by atoms with Crippen molar-refractivity contribution in [3.63, 3.8) is 0 Å². The highest BCUT2D eigenvalue weighted by atomic mass is 16.5. The van der Waals surface area contributed by atoms with Gasteiger partial charge in [0, 0.05) is 6.42 Å². The number of aromatic carboxylic acids is 1. The molecule has 0 amide bonds. The summed E-state index contributed by atoms with van der Waals surface area (Å²) in [5.74, 6) is -1.42. The molecule has 4 nitrogen and oxygen atoms in total. The van der Waals surface area contributed by atoms with Crippen LogP contribution in [0.25, 0.3) is 0 Å². The summed E-state index contributed by atoms with van der Waals surface area (Å²) in [7, 11) is 0. The van der Waals surface area contributed by atoms with Crippen molar-refractivity contribution < 1.29 is 19.4 Å². The quantitative estimate of drug-likeness (QED) is 0.130. The molecule has 4 heteroatoms. The molecule has 168 valence electrons. The molecule has 0 bridgehead atoms. The van der Waals surface area contributed by atoms with E-state index in [9.17, 15) is 9.59 Å². The van der Waals surface area contributed by atoms with Gasteiger partial charge in [0.05, 0.1) is 0 Å². The predicted octanol–water partition coefficient (Wildman–Crippen LogP) is 7.44. The lowest BCUT2D eigenvalue weighted by Gasteiger charge is -2.06. The van der Waals surface area contributed by atoms with Gasteiger partial charge >= 0.3 is 11.9 Å². The third kappa shape index (κ3) is 13.9. The van der Waals surface area contributed by atoms with Crippen molar-refractivity contribution in [3.8, 4) is 5.75 Å². The monoisotopic (exact) mass is 424 g/mol. The molecule has 0 aliphatic heterocycles. The average molecular weight is 425 g/mol. The maximum Gasteiger partial charge on any atom is 0.339 e. The fourth-order valence-corrected chi connectivity index (χ4v) is 2.83. The summed E-state index contributed by atoms with van der Waals surface area (Å²) in [4.78, 5) is 23.0. The molecule has 0 fully saturated rings. The molecule has 1 aromatic rings. The fraction of sp³-hybridized carbons (Fsp3) is 0.407.